The molecular formula is C12H18N4O3. The van der Waals surface area contributed by atoms with E-state index < -0.39 is 5.91 Å². The van der Waals surface area contributed by atoms with Gasteiger partial charge in [-0.1, -0.05) is 0 Å². The van der Waals surface area contributed by atoms with Gasteiger partial charge in [0.15, 0.2) is 5.76 Å². The van der Waals surface area contributed by atoms with Gasteiger partial charge in [-0.2, -0.15) is 0 Å². The molecule has 4 N–H and O–H groups in total. The Kier molecular flexibility index (Phi) is 4.18. The van der Waals surface area contributed by atoms with Gasteiger partial charge in [0.2, 0.25) is 5.91 Å². The Morgan fingerprint density at radius 2 is 2.26 bits per heavy atom. The zero-order valence-corrected chi connectivity index (χ0v) is 10.8. The molecule has 1 aromatic rings. The Morgan fingerprint density at radius 3 is 2.89 bits per heavy atom. The molecule has 1 saturated carbocycles. The first-order chi connectivity index (χ1) is 9.10. The minimum absolute atomic E-state index is 0.00155. The van der Waals surface area contributed by atoms with Gasteiger partial charge in [0.05, 0.1) is 12.8 Å². The summed E-state index contributed by atoms with van der Waals surface area (Å²) in [6, 6.07) is 2.05. The normalized spacial score (nSPS) is 14.5. The lowest BCUT2D eigenvalue weighted by atomic mass is 10.2. The quantitative estimate of drug-likeness (QED) is 0.369. The number of nitrogens with one attached hydrogen (secondary N) is 2. The Bertz CT molecular complexity index is 467. The highest BCUT2D eigenvalue weighted by molar-refractivity contribution is 5.92. The second-order valence-corrected chi connectivity index (χ2v) is 4.76. The minimum atomic E-state index is -0.476. The lowest BCUT2D eigenvalue weighted by Crippen LogP contribution is -2.36. The van der Waals surface area contributed by atoms with E-state index in [1.54, 1.807) is 6.07 Å². The van der Waals surface area contributed by atoms with Gasteiger partial charge in [-0.3, -0.25) is 19.9 Å². The van der Waals surface area contributed by atoms with Crippen molar-refractivity contribution >= 4 is 11.8 Å². The summed E-state index contributed by atoms with van der Waals surface area (Å²) in [5.41, 5.74) is 2.72. The molecular weight excluding hydrogens is 248 g/mol. The van der Waals surface area contributed by atoms with Crippen LogP contribution in [0.25, 0.3) is 0 Å². The summed E-state index contributed by atoms with van der Waals surface area (Å²) < 4.78 is 5.08. The third kappa shape index (κ3) is 3.80. The van der Waals surface area contributed by atoms with Gasteiger partial charge in [-0.05, 0) is 26.0 Å². The van der Waals surface area contributed by atoms with Crippen LogP contribution in [-0.4, -0.2) is 36.3 Å². The van der Waals surface area contributed by atoms with Crippen LogP contribution in [0.3, 0.4) is 0 Å². The number of nitrogens with two attached hydrogens (primary N) is 1. The number of hydrogen-bond acceptors (Lipinski definition) is 5. The average molecular weight is 266 g/mol. The predicted molar refractivity (Wildman–Crippen MR) is 67.9 cm³/mol. The third-order valence-corrected chi connectivity index (χ3v) is 2.88. The van der Waals surface area contributed by atoms with Crippen molar-refractivity contribution < 1.29 is 14.0 Å². The van der Waals surface area contributed by atoms with Crippen LogP contribution in [0.15, 0.2) is 16.7 Å². The third-order valence-electron chi connectivity index (χ3n) is 2.88. The van der Waals surface area contributed by atoms with Crippen molar-refractivity contribution in [1.82, 2.24) is 15.6 Å². The fourth-order valence-corrected chi connectivity index (χ4v) is 1.82. The standard InChI is InChI=1S/C12H18N4O3/c1-16(7-10(17)14-9-2-3-9)6-8-4-5-19-11(8)12(18)15-13/h4-5,9H,2-3,6-7,13H2,1H3,(H,14,17)(H,15,18). The Morgan fingerprint density at radius 1 is 1.53 bits per heavy atom. The van der Waals surface area contributed by atoms with Crippen LogP contribution in [0.1, 0.15) is 29.0 Å². The zero-order chi connectivity index (χ0) is 13.8. The van der Waals surface area contributed by atoms with E-state index in [4.69, 9.17) is 10.3 Å². The second kappa shape index (κ2) is 5.85. The molecule has 0 aromatic carbocycles. The molecule has 1 aromatic heterocycles. The van der Waals surface area contributed by atoms with Crippen molar-refractivity contribution in [3.05, 3.63) is 23.7 Å². The molecule has 2 rings (SSSR count). The van der Waals surface area contributed by atoms with Crippen LogP contribution in [0.2, 0.25) is 0 Å². The van der Waals surface area contributed by atoms with Gasteiger partial charge in [0.1, 0.15) is 0 Å². The van der Waals surface area contributed by atoms with Gasteiger partial charge in [-0.15, -0.1) is 0 Å². The molecule has 1 aliphatic rings. The van der Waals surface area contributed by atoms with E-state index >= 15 is 0 Å². The molecule has 2 amide bonds. The van der Waals surface area contributed by atoms with Crippen LogP contribution in [0.5, 0.6) is 0 Å². The number of furan rings is 1. The number of carbonyl (C=O) groups excluding carboxylic acids is 2. The van der Waals surface area contributed by atoms with Crippen LogP contribution >= 0.6 is 0 Å². The number of carbonyl (C=O) groups is 2. The molecule has 1 aliphatic carbocycles. The van der Waals surface area contributed by atoms with Gasteiger partial charge in [-0.25, -0.2) is 5.84 Å². The maximum Gasteiger partial charge on any atom is 0.301 e. The molecule has 1 fully saturated rings. The van der Waals surface area contributed by atoms with Crippen LogP contribution in [-0.2, 0) is 11.3 Å². The van der Waals surface area contributed by atoms with Crippen LogP contribution < -0.4 is 16.6 Å². The van der Waals surface area contributed by atoms with Crippen molar-refractivity contribution in [2.24, 2.45) is 5.84 Å². The first-order valence-corrected chi connectivity index (χ1v) is 6.15. The fraction of sp³-hybridized carbons (Fsp3) is 0.500. The number of rotatable bonds is 6. The van der Waals surface area contributed by atoms with E-state index in [-0.39, 0.29) is 18.2 Å². The van der Waals surface area contributed by atoms with Gasteiger partial charge < -0.3 is 9.73 Å². The summed E-state index contributed by atoms with van der Waals surface area (Å²) >= 11 is 0. The molecule has 0 unspecified atom stereocenters. The average Bonchev–Trinajstić information content (AvgIpc) is 3.04. The number of nitrogen functional groups attached to an aromatic ring is 1. The molecule has 1 heterocycles. The maximum absolute atomic E-state index is 11.6. The summed E-state index contributed by atoms with van der Waals surface area (Å²) in [4.78, 5) is 24.9. The maximum atomic E-state index is 11.6. The minimum Gasteiger partial charge on any atom is -0.459 e. The van der Waals surface area contributed by atoms with Crippen molar-refractivity contribution in [2.45, 2.75) is 25.4 Å². The van der Waals surface area contributed by atoms with E-state index in [0.29, 0.717) is 18.2 Å². The molecule has 104 valence electrons. The predicted octanol–water partition coefficient (Wildman–Crippen LogP) is -0.406. The number of likely N-dealkylation sites (N-methyl/N-ethyl adjacent to an activating group) is 1. The highest BCUT2D eigenvalue weighted by atomic mass is 16.3. The molecule has 0 bridgehead atoms. The monoisotopic (exact) mass is 266 g/mol. The number of hydrazine groups is 1. The molecule has 7 heteroatoms. The Hall–Kier alpha value is -1.86. The number of hydrogen-bond donors (Lipinski definition) is 3. The van der Waals surface area contributed by atoms with Crippen LogP contribution in [0, 0.1) is 0 Å². The van der Waals surface area contributed by atoms with Crippen molar-refractivity contribution in [3.8, 4) is 0 Å². The van der Waals surface area contributed by atoms with Crippen LogP contribution in [0.4, 0.5) is 0 Å². The fourth-order valence-electron chi connectivity index (χ4n) is 1.82. The summed E-state index contributed by atoms with van der Waals surface area (Å²) in [6.45, 7) is 0.725. The largest absolute Gasteiger partial charge is 0.459 e. The second-order valence-electron chi connectivity index (χ2n) is 4.76. The van der Waals surface area contributed by atoms with Crippen molar-refractivity contribution in [3.63, 3.8) is 0 Å². The number of amides is 2. The van der Waals surface area contributed by atoms with Gasteiger partial charge >= 0.3 is 5.91 Å². The van der Waals surface area contributed by atoms with Gasteiger partial charge in [0.25, 0.3) is 0 Å². The van der Waals surface area contributed by atoms with Crippen molar-refractivity contribution in [2.75, 3.05) is 13.6 Å². The summed E-state index contributed by atoms with van der Waals surface area (Å²) in [6.07, 6.45) is 3.56. The SMILES string of the molecule is CN(CC(=O)NC1CC1)Cc1ccoc1C(=O)NN. The van der Waals surface area contributed by atoms with Crippen molar-refractivity contribution in [1.29, 1.82) is 0 Å². The molecule has 19 heavy (non-hydrogen) atoms. The molecule has 0 spiro atoms. The Balaban J connectivity index is 1.87. The van der Waals surface area contributed by atoms with E-state index in [9.17, 15) is 9.59 Å². The molecule has 0 radical (unpaired) electrons. The zero-order valence-electron chi connectivity index (χ0n) is 10.8. The lowest BCUT2D eigenvalue weighted by molar-refractivity contribution is -0.122. The molecule has 0 aliphatic heterocycles. The summed E-state index contributed by atoms with van der Waals surface area (Å²) in [5.74, 6) is 4.77. The lowest BCUT2D eigenvalue weighted by Gasteiger charge is -2.15. The molecule has 0 atom stereocenters. The van der Waals surface area contributed by atoms with Gasteiger partial charge in [0, 0.05) is 18.2 Å². The first-order valence-electron chi connectivity index (χ1n) is 6.15. The summed E-state index contributed by atoms with van der Waals surface area (Å²) in [7, 11) is 1.81. The molecule has 7 nitrogen and oxygen atoms in total. The van der Waals surface area contributed by atoms with E-state index in [1.807, 2.05) is 17.4 Å². The Labute approximate surface area is 111 Å². The highest BCUT2D eigenvalue weighted by Crippen LogP contribution is 2.18. The smallest absolute Gasteiger partial charge is 0.301 e. The van der Waals surface area contributed by atoms with E-state index in [2.05, 4.69) is 5.32 Å². The molecule has 0 saturated heterocycles. The number of nitrogens with zero attached hydrogens (tertiary/aromatic N) is 1. The first kappa shape index (κ1) is 13.6. The van der Waals surface area contributed by atoms with E-state index in [1.165, 1.54) is 6.26 Å². The summed E-state index contributed by atoms with van der Waals surface area (Å²) in [5, 5.41) is 2.91. The topological polar surface area (TPSA) is 101 Å². The van der Waals surface area contributed by atoms with E-state index in [0.717, 1.165) is 12.8 Å². The highest BCUT2D eigenvalue weighted by Gasteiger charge is 2.24.